The van der Waals surface area contributed by atoms with Crippen molar-refractivity contribution >= 4 is 17.5 Å². The average Bonchev–Trinajstić information content (AvgIpc) is 3.26. The van der Waals surface area contributed by atoms with Crippen molar-refractivity contribution in [3.63, 3.8) is 0 Å². The smallest absolute Gasteiger partial charge is 0.273 e. The van der Waals surface area contributed by atoms with E-state index in [1.54, 1.807) is 24.3 Å². The highest BCUT2D eigenvalue weighted by molar-refractivity contribution is 5.99. The van der Waals surface area contributed by atoms with Crippen molar-refractivity contribution in [3.8, 4) is 11.1 Å². The van der Waals surface area contributed by atoms with Crippen molar-refractivity contribution in [2.75, 3.05) is 18.1 Å². The molecule has 1 heterocycles. The molecule has 1 aliphatic heterocycles. The summed E-state index contributed by atoms with van der Waals surface area (Å²) in [7, 11) is 0. The molecule has 1 fully saturated rings. The predicted molar refractivity (Wildman–Crippen MR) is 101 cm³/mol. The van der Waals surface area contributed by atoms with Gasteiger partial charge in [-0.1, -0.05) is 42.5 Å². The van der Waals surface area contributed by atoms with Crippen molar-refractivity contribution in [1.82, 2.24) is 4.90 Å². The quantitative estimate of drug-likeness (QED) is 0.412. The number of aliphatic hydroxyl groups excluding tert-OH is 2. The molecule has 2 aromatic carbocycles. The van der Waals surface area contributed by atoms with Crippen LogP contribution in [0.2, 0.25) is 0 Å². The summed E-state index contributed by atoms with van der Waals surface area (Å²) in [4.78, 5) is 26.0. The van der Waals surface area contributed by atoms with Crippen molar-refractivity contribution in [2.24, 2.45) is 5.84 Å². The first kappa shape index (κ1) is 19.0. The second-order valence-electron chi connectivity index (χ2n) is 6.54. The molecule has 0 aromatic heterocycles. The van der Waals surface area contributed by atoms with Gasteiger partial charge >= 0.3 is 0 Å². The maximum atomic E-state index is 12.4. The Labute approximate surface area is 157 Å². The van der Waals surface area contributed by atoms with Crippen LogP contribution in [0.5, 0.6) is 0 Å². The molecule has 0 saturated carbocycles. The first-order valence-corrected chi connectivity index (χ1v) is 8.88. The Balaban J connectivity index is 1.68. The van der Waals surface area contributed by atoms with E-state index in [1.807, 2.05) is 30.3 Å². The van der Waals surface area contributed by atoms with Gasteiger partial charge in [0, 0.05) is 13.1 Å². The minimum atomic E-state index is -1.92. The second-order valence-corrected chi connectivity index (χ2v) is 6.54. The van der Waals surface area contributed by atoms with Gasteiger partial charge in [-0.3, -0.25) is 9.59 Å². The van der Waals surface area contributed by atoms with Crippen molar-refractivity contribution < 1.29 is 19.8 Å². The summed E-state index contributed by atoms with van der Waals surface area (Å²) < 4.78 is 0. The molecular weight excluding hydrogens is 346 g/mol. The number of amides is 2. The molecule has 0 spiro atoms. The zero-order valence-corrected chi connectivity index (χ0v) is 14.9. The van der Waals surface area contributed by atoms with Crippen LogP contribution in [0.15, 0.2) is 54.6 Å². The molecule has 7 heteroatoms. The number of hydrogen-bond donors (Lipinski definition) is 3. The van der Waals surface area contributed by atoms with Crippen molar-refractivity contribution in [2.45, 2.75) is 25.0 Å². The molecule has 1 saturated heterocycles. The van der Waals surface area contributed by atoms with Crippen LogP contribution in [0.1, 0.15) is 12.8 Å². The van der Waals surface area contributed by atoms with Gasteiger partial charge in [-0.05, 0) is 36.1 Å². The molecule has 2 aromatic rings. The summed E-state index contributed by atoms with van der Waals surface area (Å²) in [6, 6.07) is 16.6. The number of anilines is 1. The number of carbonyl (C=O) groups is 2. The summed E-state index contributed by atoms with van der Waals surface area (Å²) in [5.41, 5.74) is 2.31. The fraction of sp³-hybridized carbons (Fsp3) is 0.300. The van der Waals surface area contributed by atoms with E-state index >= 15 is 0 Å². The predicted octanol–water partition coefficient (Wildman–Crippen LogP) is 0.904. The van der Waals surface area contributed by atoms with Gasteiger partial charge in [0.15, 0.2) is 12.2 Å². The lowest BCUT2D eigenvalue weighted by molar-refractivity contribution is -0.151. The van der Waals surface area contributed by atoms with Gasteiger partial charge in [0.05, 0.1) is 5.69 Å². The molecule has 2 atom stereocenters. The van der Waals surface area contributed by atoms with Crippen LogP contribution in [0.4, 0.5) is 5.69 Å². The van der Waals surface area contributed by atoms with Crippen LogP contribution >= 0.6 is 0 Å². The Hall–Kier alpha value is -2.74. The lowest BCUT2D eigenvalue weighted by Gasteiger charge is -2.25. The Kier molecular flexibility index (Phi) is 5.85. The molecule has 4 N–H and O–H groups in total. The van der Waals surface area contributed by atoms with E-state index in [9.17, 15) is 19.8 Å². The maximum absolute atomic E-state index is 12.4. The normalized spacial score (nSPS) is 16.0. The molecule has 0 radical (unpaired) electrons. The molecule has 142 valence electrons. The van der Waals surface area contributed by atoms with E-state index in [1.165, 1.54) is 4.90 Å². The number of aliphatic hydroxyl groups is 2. The minimum Gasteiger partial charge on any atom is -0.380 e. The Bertz CT molecular complexity index is 789. The summed E-state index contributed by atoms with van der Waals surface area (Å²) in [6.07, 6.45) is -2.06. The van der Waals surface area contributed by atoms with Crippen molar-refractivity contribution in [3.05, 3.63) is 54.6 Å². The molecular formula is C20H23N3O4. The van der Waals surface area contributed by atoms with E-state index in [0.29, 0.717) is 18.8 Å². The molecule has 27 heavy (non-hydrogen) atoms. The molecule has 0 unspecified atom stereocenters. The van der Waals surface area contributed by atoms with Crippen LogP contribution < -0.4 is 10.9 Å². The number of benzene rings is 2. The molecule has 0 bridgehead atoms. The number of rotatable bonds is 5. The lowest BCUT2D eigenvalue weighted by Crippen LogP contribution is -2.53. The van der Waals surface area contributed by atoms with E-state index in [4.69, 9.17) is 5.84 Å². The molecule has 7 nitrogen and oxygen atoms in total. The number of nitrogens with two attached hydrogens (primary N) is 1. The van der Waals surface area contributed by atoms with Crippen LogP contribution in [0.3, 0.4) is 0 Å². The number of likely N-dealkylation sites (tertiary alicyclic amines) is 1. The number of hydrogen-bond acceptors (Lipinski definition) is 5. The number of hydrazine groups is 1. The van der Waals surface area contributed by atoms with Gasteiger partial charge in [-0.15, -0.1) is 0 Å². The lowest BCUT2D eigenvalue weighted by atomic mass is 10.1. The highest BCUT2D eigenvalue weighted by Crippen LogP contribution is 2.22. The second kappa shape index (κ2) is 8.30. The fourth-order valence-corrected chi connectivity index (χ4v) is 3.11. The average molecular weight is 369 g/mol. The SMILES string of the molecule is NN(C(=O)[C@H](O)[C@@H](O)C(=O)N1CCCC1)c1ccc(-c2ccccc2)cc1. The van der Waals surface area contributed by atoms with Crippen LogP contribution in [0, 0.1) is 0 Å². The summed E-state index contributed by atoms with van der Waals surface area (Å²) in [5, 5.41) is 20.9. The summed E-state index contributed by atoms with van der Waals surface area (Å²) >= 11 is 0. The third-order valence-electron chi connectivity index (χ3n) is 4.71. The topological polar surface area (TPSA) is 107 Å². The summed E-state index contributed by atoms with van der Waals surface area (Å²) in [5.74, 6) is 4.21. The first-order valence-electron chi connectivity index (χ1n) is 8.88. The van der Waals surface area contributed by atoms with Crippen LogP contribution in [0.25, 0.3) is 11.1 Å². The van der Waals surface area contributed by atoms with Gasteiger partial charge in [0.1, 0.15) is 0 Å². The van der Waals surface area contributed by atoms with E-state index in [-0.39, 0.29) is 0 Å². The Morgan fingerprint density at radius 3 is 2.04 bits per heavy atom. The van der Waals surface area contributed by atoms with Crippen LogP contribution in [-0.2, 0) is 9.59 Å². The highest BCUT2D eigenvalue weighted by Gasteiger charge is 2.36. The minimum absolute atomic E-state index is 0.347. The van der Waals surface area contributed by atoms with Crippen LogP contribution in [-0.4, -0.2) is 52.2 Å². The highest BCUT2D eigenvalue weighted by atomic mass is 16.3. The third-order valence-corrected chi connectivity index (χ3v) is 4.71. The number of nitrogens with zero attached hydrogens (tertiary/aromatic N) is 2. The van der Waals surface area contributed by atoms with Crippen molar-refractivity contribution in [1.29, 1.82) is 0 Å². The van der Waals surface area contributed by atoms with Gasteiger partial charge in [0.2, 0.25) is 0 Å². The molecule has 3 rings (SSSR count). The van der Waals surface area contributed by atoms with Gasteiger partial charge < -0.3 is 15.1 Å². The zero-order chi connectivity index (χ0) is 19.4. The first-order chi connectivity index (χ1) is 13.0. The molecule has 0 aliphatic carbocycles. The monoisotopic (exact) mass is 369 g/mol. The zero-order valence-electron chi connectivity index (χ0n) is 14.9. The maximum Gasteiger partial charge on any atom is 0.273 e. The molecule has 2 amide bonds. The largest absolute Gasteiger partial charge is 0.380 e. The van der Waals surface area contributed by atoms with Gasteiger partial charge in [-0.2, -0.15) is 0 Å². The molecule has 1 aliphatic rings. The standard InChI is InChI=1S/C20H23N3O4/c21-23(16-10-8-15(9-11-16)14-6-2-1-3-7-14)20(27)18(25)17(24)19(26)22-12-4-5-13-22/h1-3,6-11,17-18,24-25H,4-5,12-13,21H2/t17-,18-/m1/s1. The van der Waals surface area contributed by atoms with E-state index in [0.717, 1.165) is 29.0 Å². The number of carbonyl (C=O) groups excluding carboxylic acids is 2. The van der Waals surface area contributed by atoms with E-state index < -0.39 is 24.0 Å². The van der Waals surface area contributed by atoms with E-state index in [2.05, 4.69) is 0 Å². The van der Waals surface area contributed by atoms with Gasteiger partial charge in [0.25, 0.3) is 11.8 Å². The van der Waals surface area contributed by atoms with Gasteiger partial charge in [-0.25, -0.2) is 10.9 Å². The third kappa shape index (κ3) is 4.16. The Morgan fingerprint density at radius 2 is 1.44 bits per heavy atom. The Morgan fingerprint density at radius 1 is 0.889 bits per heavy atom. The fourth-order valence-electron chi connectivity index (χ4n) is 3.11. The summed E-state index contributed by atoms with van der Waals surface area (Å²) in [6.45, 7) is 1.04.